The summed E-state index contributed by atoms with van der Waals surface area (Å²) in [5.74, 6) is 3.16. The predicted octanol–water partition coefficient (Wildman–Crippen LogP) is 8.46. The van der Waals surface area contributed by atoms with E-state index in [4.69, 9.17) is 0 Å². The lowest BCUT2D eigenvalue weighted by molar-refractivity contribution is -0.247. The van der Waals surface area contributed by atoms with Crippen LogP contribution in [0.25, 0.3) is 0 Å². The quantitative estimate of drug-likeness (QED) is 0.379. The van der Waals surface area contributed by atoms with Crippen LogP contribution in [0.4, 0.5) is 0 Å². The monoisotopic (exact) mass is 426 g/mol. The van der Waals surface area contributed by atoms with Crippen LogP contribution in [0, 0.1) is 56.2 Å². The Hall–Kier alpha value is -0.330. The molecule has 0 amide bonds. The van der Waals surface area contributed by atoms with Gasteiger partial charge in [0, 0.05) is 12.3 Å². The summed E-state index contributed by atoms with van der Waals surface area (Å²) in [6, 6.07) is 0. The SMILES string of the molecule is CC1CCCC2C1(C)CC(=O)C1C2(C)CCC2(C)C3CC(C)(C)CCC3(C)CCC12C. The van der Waals surface area contributed by atoms with Gasteiger partial charge in [0.2, 0.25) is 0 Å². The first-order valence-corrected chi connectivity index (χ1v) is 13.7. The third-order valence-corrected chi connectivity index (χ3v) is 13.5. The van der Waals surface area contributed by atoms with Crippen LogP contribution < -0.4 is 0 Å². The van der Waals surface area contributed by atoms with Crippen molar-refractivity contribution in [1.82, 2.24) is 0 Å². The van der Waals surface area contributed by atoms with Gasteiger partial charge in [-0.2, -0.15) is 0 Å². The van der Waals surface area contributed by atoms with Crippen molar-refractivity contribution in [3.05, 3.63) is 0 Å². The molecular weight excluding hydrogens is 376 g/mol. The molecule has 0 aromatic rings. The summed E-state index contributed by atoms with van der Waals surface area (Å²) in [6.45, 7) is 20.4. The van der Waals surface area contributed by atoms with E-state index in [1.165, 1.54) is 64.2 Å². The van der Waals surface area contributed by atoms with Crippen molar-refractivity contribution >= 4 is 5.78 Å². The summed E-state index contributed by atoms with van der Waals surface area (Å²) in [6.07, 6.45) is 14.3. The molecule has 0 spiro atoms. The minimum Gasteiger partial charge on any atom is -0.299 e. The van der Waals surface area contributed by atoms with Crippen LogP contribution >= 0.6 is 0 Å². The molecule has 0 radical (unpaired) electrons. The van der Waals surface area contributed by atoms with E-state index in [0.717, 1.165) is 18.3 Å². The molecule has 31 heavy (non-hydrogen) atoms. The van der Waals surface area contributed by atoms with E-state index >= 15 is 0 Å². The van der Waals surface area contributed by atoms with Gasteiger partial charge >= 0.3 is 0 Å². The zero-order valence-electron chi connectivity index (χ0n) is 22.0. The molecule has 9 unspecified atom stereocenters. The molecule has 1 heteroatoms. The van der Waals surface area contributed by atoms with Crippen LogP contribution in [0.5, 0.6) is 0 Å². The lowest BCUT2D eigenvalue weighted by atomic mass is 9.30. The minimum atomic E-state index is 0.177. The number of carbonyl (C=O) groups is 1. The Morgan fingerprint density at radius 2 is 1.35 bits per heavy atom. The Labute approximate surface area is 192 Å². The second-order valence-electron chi connectivity index (χ2n) is 15.4. The van der Waals surface area contributed by atoms with Crippen molar-refractivity contribution in [2.45, 2.75) is 126 Å². The highest BCUT2D eigenvalue weighted by Gasteiger charge is 2.72. The summed E-state index contributed by atoms with van der Waals surface area (Å²) >= 11 is 0. The van der Waals surface area contributed by atoms with Crippen molar-refractivity contribution in [2.24, 2.45) is 56.2 Å². The number of carbonyl (C=O) groups excluding carboxylic acids is 1. The Bertz CT molecular complexity index is 781. The molecule has 1 nitrogen and oxygen atoms in total. The number of hydrogen-bond donors (Lipinski definition) is 0. The molecular formula is C30H50O. The highest BCUT2D eigenvalue weighted by atomic mass is 16.1. The van der Waals surface area contributed by atoms with E-state index < -0.39 is 0 Å². The first kappa shape index (κ1) is 22.5. The Balaban J connectivity index is 1.59. The molecule has 5 aliphatic rings. The van der Waals surface area contributed by atoms with Crippen LogP contribution in [0.15, 0.2) is 0 Å². The maximum absolute atomic E-state index is 14.2. The van der Waals surface area contributed by atoms with Gasteiger partial charge in [-0.05, 0) is 102 Å². The lowest BCUT2D eigenvalue weighted by Gasteiger charge is -2.74. The number of Topliss-reactive ketones (excluding diaryl/α,β-unsaturated/α-hetero) is 1. The molecule has 5 fully saturated rings. The maximum Gasteiger partial charge on any atom is 0.137 e. The van der Waals surface area contributed by atoms with Crippen LogP contribution in [0.2, 0.25) is 0 Å². The van der Waals surface area contributed by atoms with E-state index in [-0.39, 0.29) is 22.2 Å². The van der Waals surface area contributed by atoms with Gasteiger partial charge in [0.05, 0.1) is 0 Å². The molecule has 0 aromatic carbocycles. The van der Waals surface area contributed by atoms with E-state index in [0.29, 0.717) is 27.9 Å². The van der Waals surface area contributed by atoms with E-state index in [9.17, 15) is 4.79 Å². The van der Waals surface area contributed by atoms with Crippen molar-refractivity contribution in [2.75, 3.05) is 0 Å². The van der Waals surface area contributed by atoms with Gasteiger partial charge in [0.25, 0.3) is 0 Å². The zero-order chi connectivity index (χ0) is 22.7. The first-order valence-electron chi connectivity index (χ1n) is 13.7. The van der Waals surface area contributed by atoms with E-state index in [1.807, 2.05) is 0 Å². The second kappa shape index (κ2) is 6.41. The van der Waals surface area contributed by atoms with Crippen LogP contribution in [0.3, 0.4) is 0 Å². The topological polar surface area (TPSA) is 17.1 Å². The summed E-state index contributed by atoms with van der Waals surface area (Å²) in [5.41, 5.74) is 1.89. The predicted molar refractivity (Wildman–Crippen MR) is 130 cm³/mol. The highest BCUT2D eigenvalue weighted by molar-refractivity contribution is 5.85. The van der Waals surface area contributed by atoms with Crippen molar-refractivity contribution in [1.29, 1.82) is 0 Å². The van der Waals surface area contributed by atoms with Gasteiger partial charge in [-0.1, -0.05) is 68.2 Å². The van der Waals surface area contributed by atoms with Gasteiger partial charge in [-0.25, -0.2) is 0 Å². The largest absolute Gasteiger partial charge is 0.299 e. The van der Waals surface area contributed by atoms with Crippen molar-refractivity contribution in [3.63, 3.8) is 0 Å². The number of rotatable bonds is 0. The smallest absolute Gasteiger partial charge is 0.137 e. The van der Waals surface area contributed by atoms with Crippen molar-refractivity contribution < 1.29 is 4.79 Å². The molecule has 0 bridgehead atoms. The zero-order valence-corrected chi connectivity index (χ0v) is 22.0. The standard InChI is InChI=1S/C30H50O/c1-20-10-9-11-22-27(5)15-17-29(7)23-19-25(2,3)12-13-26(23,4)14-16-30(29,8)24(27)21(31)18-28(20,22)6/h20,22-24H,9-19H2,1-8H3. The second-order valence-corrected chi connectivity index (χ2v) is 15.4. The highest BCUT2D eigenvalue weighted by Crippen LogP contribution is 2.77. The summed E-state index contributed by atoms with van der Waals surface area (Å²) in [7, 11) is 0. The molecule has 5 saturated carbocycles. The molecule has 0 aliphatic heterocycles. The average molecular weight is 427 g/mol. The fourth-order valence-corrected chi connectivity index (χ4v) is 11.1. The van der Waals surface area contributed by atoms with Crippen LogP contribution in [-0.4, -0.2) is 5.78 Å². The fourth-order valence-electron chi connectivity index (χ4n) is 11.1. The Morgan fingerprint density at radius 1 is 0.710 bits per heavy atom. The minimum absolute atomic E-state index is 0.177. The third kappa shape index (κ3) is 2.70. The molecule has 0 N–H and O–H groups in total. The molecule has 0 saturated heterocycles. The molecule has 9 atom stereocenters. The Morgan fingerprint density at radius 3 is 2.06 bits per heavy atom. The van der Waals surface area contributed by atoms with E-state index in [1.54, 1.807) is 0 Å². The maximum atomic E-state index is 14.2. The Kier molecular flexibility index (Phi) is 4.65. The van der Waals surface area contributed by atoms with Crippen molar-refractivity contribution in [3.8, 4) is 0 Å². The van der Waals surface area contributed by atoms with Gasteiger partial charge in [0.15, 0.2) is 0 Å². The summed E-state index contributed by atoms with van der Waals surface area (Å²) in [4.78, 5) is 14.2. The first-order chi connectivity index (χ1) is 14.2. The van der Waals surface area contributed by atoms with Gasteiger partial charge < -0.3 is 0 Å². The van der Waals surface area contributed by atoms with Crippen LogP contribution in [0.1, 0.15) is 126 Å². The van der Waals surface area contributed by atoms with Crippen LogP contribution in [-0.2, 0) is 4.79 Å². The molecule has 5 aliphatic carbocycles. The average Bonchev–Trinajstić information content (AvgIpc) is 2.67. The third-order valence-electron chi connectivity index (χ3n) is 13.5. The number of ketones is 1. The van der Waals surface area contributed by atoms with Gasteiger partial charge in [0.1, 0.15) is 5.78 Å². The van der Waals surface area contributed by atoms with Gasteiger partial charge in [-0.15, -0.1) is 0 Å². The van der Waals surface area contributed by atoms with E-state index in [2.05, 4.69) is 55.4 Å². The summed E-state index contributed by atoms with van der Waals surface area (Å²) < 4.78 is 0. The van der Waals surface area contributed by atoms with Gasteiger partial charge in [-0.3, -0.25) is 4.79 Å². The molecule has 176 valence electrons. The fraction of sp³-hybridized carbons (Fsp3) is 0.967. The molecule has 5 rings (SSSR count). The molecule has 0 heterocycles. The normalized spacial score (nSPS) is 58.5. The number of fused-ring (bicyclic) bond motifs is 7. The lowest BCUT2D eigenvalue weighted by Crippen LogP contribution is -2.69. The molecule has 0 aromatic heterocycles. The number of hydrogen-bond acceptors (Lipinski definition) is 1. The summed E-state index contributed by atoms with van der Waals surface area (Å²) in [5, 5.41) is 0.